The van der Waals surface area contributed by atoms with Gasteiger partial charge < -0.3 is 33.3 Å². The second-order valence-electron chi connectivity index (χ2n) is 18.8. The summed E-state index contributed by atoms with van der Waals surface area (Å²) in [6.45, 7) is 4.70. The summed E-state index contributed by atoms with van der Waals surface area (Å²) >= 11 is 0. The number of rotatable bonds is 48. The number of carboxylic acid groups (broad SMARTS) is 1. The largest absolute Gasteiger partial charge is 0.545 e. The summed E-state index contributed by atoms with van der Waals surface area (Å²) in [4.78, 5) is 37.0. The van der Waals surface area contributed by atoms with Crippen LogP contribution in [0.3, 0.4) is 0 Å². The van der Waals surface area contributed by atoms with E-state index in [9.17, 15) is 19.5 Å². The van der Waals surface area contributed by atoms with Crippen LogP contribution in [0.25, 0.3) is 0 Å². The van der Waals surface area contributed by atoms with Crippen LogP contribution in [0.1, 0.15) is 232 Å². The molecule has 0 aromatic rings. The molecule has 63 heavy (non-hydrogen) atoms. The van der Waals surface area contributed by atoms with Gasteiger partial charge in [0.25, 0.3) is 0 Å². The molecular formula is C54H99NO8. The van der Waals surface area contributed by atoms with E-state index in [-0.39, 0.29) is 38.6 Å². The molecule has 0 aliphatic carbocycles. The van der Waals surface area contributed by atoms with Crippen LogP contribution in [0.4, 0.5) is 0 Å². The molecule has 0 amide bonds. The summed E-state index contributed by atoms with van der Waals surface area (Å²) in [6.07, 6.45) is 50.5. The van der Waals surface area contributed by atoms with Crippen LogP contribution in [0.15, 0.2) is 36.5 Å². The number of allylic oxidation sites excluding steroid dienone is 6. The highest BCUT2D eigenvalue weighted by atomic mass is 16.7. The van der Waals surface area contributed by atoms with E-state index in [2.05, 4.69) is 50.3 Å². The van der Waals surface area contributed by atoms with Crippen LogP contribution in [0.5, 0.6) is 0 Å². The van der Waals surface area contributed by atoms with Crippen molar-refractivity contribution in [3.63, 3.8) is 0 Å². The van der Waals surface area contributed by atoms with Crippen molar-refractivity contribution in [2.45, 2.75) is 245 Å². The molecule has 9 heteroatoms. The number of esters is 2. The second-order valence-corrected chi connectivity index (χ2v) is 18.8. The Morgan fingerprint density at radius 3 is 1.32 bits per heavy atom. The number of hydrogen-bond donors (Lipinski definition) is 0. The second kappa shape index (κ2) is 46.1. The topological polar surface area (TPSA) is 111 Å². The highest BCUT2D eigenvalue weighted by Gasteiger charge is 2.22. The van der Waals surface area contributed by atoms with Crippen molar-refractivity contribution in [3.8, 4) is 0 Å². The molecule has 0 aromatic heterocycles. The molecule has 9 nitrogen and oxygen atoms in total. The maximum atomic E-state index is 12.8. The van der Waals surface area contributed by atoms with E-state index >= 15 is 0 Å². The summed E-state index contributed by atoms with van der Waals surface area (Å²) < 4.78 is 22.6. The number of carbonyl (C=O) groups excluding carboxylic acids is 3. The van der Waals surface area contributed by atoms with Gasteiger partial charge in [-0.05, 0) is 64.2 Å². The summed E-state index contributed by atoms with van der Waals surface area (Å²) in [5.41, 5.74) is 0. The lowest BCUT2D eigenvalue weighted by atomic mass is 10.0. The molecule has 0 spiro atoms. The van der Waals surface area contributed by atoms with E-state index in [1.54, 1.807) is 0 Å². The van der Waals surface area contributed by atoms with E-state index in [4.69, 9.17) is 18.9 Å². The maximum absolute atomic E-state index is 12.8. The number of nitrogens with zero attached hydrogens (tertiary/aromatic N) is 1. The van der Waals surface area contributed by atoms with Crippen molar-refractivity contribution in [1.82, 2.24) is 0 Å². The normalized spacial score (nSPS) is 13.1. The van der Waals surface area contributed by atoms with Gasteiger partial charge in [-0.3, -0.25) is 9.59 Å². The average Bonchev–Trinajstić information content (AvgIpc) is 3.24. The minimum absolute atomic E-state index is 0.147. The first-order chi connectivity index (χ1) is 30.6. The Morgan fingerprint density at radius 2 is 0.873 bits per heavy atom. The number of carbonyl (C=O) groups is 3. The first-order valence-corrected chi connectivity index (χ1v) is 26.1. The fourth-order valence-corrected chi connectivity index (χ4v) is 7.25. The van der Waals surface area contributed by atoms with Crippen LogP contribution >= 0.6 is 0 Å². The van der Waals surface area contributed by atoms with Crippen LogP contribution in [-0.2, 0) is 33.3 Å². The van der Waals surface area contributed by atoms with Crippen molar-refractivity contribution in [2.24, 2.45) is 0 Å². The van der Waals surface area contributed by atoms with E-state index < -0.39 is 24.3 Å². The standard InChI is InChI=1S/C54H99NO8/c1-6-8-10-12-14-16-18-19-20-21-22-23-24-25-26-27-28-29-30-31-32-33-35-37-39-41-43-45-52(57)63-50(49-62-54(53(58)59)60-47-46-55(3,4)5)48-61-51(56)44-42-40-38-36-34-17-15-13-11-9-7-2/h13,15,18-19,21-22,50,54H,6-12,14,16-17,20,23-49H2,1-5H3/b15-13-,19-18-,22-21-. The number of aliphatic carboxylic acids is 1. The number of quaternary nitrogens is 1. The van der Waals surface area contributed by atoms with Gasteiger partial charge in [-0.1, -0.05) is 192 Å². The van der Waals surface area contributed by atoms with Crippen molar-refractivity contribution < 1.29 is 42.9 Å². The monoisotopic (exact) mass is 890 g/mol. The van der Waals surface area contributed by atoms with Gasteiger partial charge in [-0.25, -0.2) is 0 Å². The minimum Gasteiger partial charge on any atom is -0.545 e. The Bertz CT molecular complexity index is 1130. The SMILES string of the molecule is CCCC/C=C\CCCCCCCC(=O)OCC(COC(OCC[N+](C)(C)C)C(=O)[O-])OC(=O)CCCCCCCCCCCCCCCCC/C=C\C/C=C\CCCCCCC. The first-order valence-electron chi connectivity index (χ1n) is 26.1. The van der Waals surface area contributed by atoms with E-state index in [1.165, 1.54) is 135 Å². The summed E-state index contributed by atoms with van der Waals surface area (Å²) in [7, 11) is 5.91. The maximum Gasteiger partial charge on any atom is 0.306 e. The Morgan fingerprint density at radius 1 is 0.476 bits per heavy atom. The van der Waals surface area contributed by atoms with Gasteiger partial charge in [0.1, 0.15) is 13.2 Å². The Hall–Kier alpha value is -2.49. The molecule has 0 saturated carbocycles. The molecule has 0 aliphatic rings. The zero-order valence-corrected chi connectivity index (χ0v) is 41.7. The Labute approximate surface area is 388 Å². The number of likely N-dealkylation sites (N-methyl/N-ethyl adjacent to an activating group) is 1. The smallest absolute Gasteiger partial charge is 0.306 e. The Balaban J connectivity index is 4.18. The van der Waals surface area contributed by atoms with Crippen molar-refractivity contribution in [3.05, 3.63) is 36.5 Å². The fourth-order valence-electron chi connectivity index (χ4n) is 7.25. The van der Waals surface area contributed by atoms with Gasteiger partial charge >= 0.3 is 11.9 Å². The third-order valence-corrected chi connectivity index (χ3v) is 11.4. The minimum atomic E-state index is -1.62. The van der Waals surface area contributed by atoms with Crippen LogP contribution in [-0.4, -0.2) is 82.3 Å². The molecule has 2 atom stereocenters. The van der Waals surface area contributed by atoms with Crippen LogP contribution in [0.2, 0.25) is 0 Å². The third-order valence-electron chi connectivity index (χ3n) is 11.4. The molecule has 0 fully saturated rings. The molecule has 0 aliphatic heterocycles. The zero-order chi connectivity index (χ0) is 46.3. The summed E-state index contributed by atoms with van der Waals surface area (Å²) in [5.74, 6) is -2.29. The summed E-state index contributed by atoms with van der Waals surface area (Å²) in [5, 5.41) is 11.7. The molecule has 0 heterocycles. The first kappa shape index (κ1) is 60.5. The number of carboxylic acids is 1. The van der Waals surface area contributed by atoms with E-state index in [0.717, 1.165) is 64.2 Å². The molecule has 0 aromatic carbocycles. The van der Waals surface area contributed by atoms with Crippen LogP contribution in [0, 0.1) is 0 Å². The van der Waals surface area contributed by atoms with Crippen molar-refractivity contribution in [1.29, 1.82) is 0 Å². The molecule has 0 saturated heterocycles. The summed E-state index contributed by atoms with van der Waals surface area (Å²) in [6, 6.07) is 0. The number of unbranched alkanes of at least 4 members (excludes halogenated alkanes) is 27. The molecule has 0 N–H and O–H groups in total. The third kappa shape index (κ3) is 47.3. The highest BCUT2D eigenvalue weighted by Crippen LogP contribution is 2.16. The quantitative estimate of drug-likeness (QED) is 0.0195. The van der Waals surface area contributed by atoms with Gasteiger partial charge in [-0.15, -0.1) is 0 Å². The van der Waals surface area contributed by atoms with Crippen molar-refractivity contribution in [2.75, 3.05) is 47.5 Å². The predicted octanol–water partition coefficient (Wildman–Crippen LogP) is 13.2. The van der Waals surface area contributed by atoms with E-state index in [1.807, 2.05) is 21.1 Å². The van der Waals surface area contributed by atoms with Gasteiger partial charge in [0.05, 0.1) is 40.3 Å². The number of hydrogen-bond acceptors (Lipinski definition) is 8. The lowest BCUT2D eigenvalue weighted by Crippen LogP contribution is -2.44. The predicted molar refractivity (Wildman–Crippen MR) is 260 cm³/mol. The molecule has 0 radical (unpaired) electrons. The van der Waals surface area contributed by atoms with Crippen molar-refractivity contribution >= 4 is 17.9 Å². The molecular weight excluding hydrogens is 791 g/mol. The van der Waals surface area contributed by atoms with Gasteiger partial charge in [0.2, 0.25) is 0 Å². The highest BCUT2D eigenvalue weighted by molar-refractivity contribution is 5.70. The molecule has 0 bridgehead atoms. The lowest BCUT2D eigenvalue weighted by molar-refractivity contribution is -0.870. The molecule has 2 unspecified atom stereocenters. The van der Waals surface area contributed by atoms with Crippen LogP contribution < -0.4 is 5.11 Å². The zero-order valence-electron chi connectivity index (χ0n) is 41.7. The lowest BCUT2D eigenvalue weighted by Gasteiger charge is -2.26. The van der Waals surface area contributed by atoms with Gasteiger partial charge in [-0.2, -0.15) is 0 Å². The fraction of sp³-hybridized carbons (Fsp3) is 0.833. The van der Waals surface area contributed by atoms with E-state index in [0.29, 0.717) is 17.4 Å². The number of ether oxygens (including phenoxy) is 4. The molecule has 368 valence electrons. The van der Waals surface area contributed by atoms with Gasteiger partial charge in [0, 0.05) is 12.8 Å². The van der Waals surface area contributed by atoms with Gasteiger partial charge in [0.15, 0.2) is 12.4 Å². The average molecular weight is 890 g/mol. The molecule has 0 rings (SSSR count). The Kier molecular flexibility index (Phi) is 44.2.